The lowest BCUT2D eigenvalue weighted by Crippen LogP contribution is -2.00. The molecule has 0 aliphatic rings. The maximum absolute atomic E-state index is 6.05. The molecule has 0 saturated carbocycles. The summed E-state index contributed by atoms with van der Waals surface area (Å²) in [5, 5.41) is 4.31. The number of halogens is 2. The minimum Gasteiger partial charge on any atom is -0.495 e. The van der Waals surface area contributed by atoms with E-state index in [0.717, 1.165) is 11.3 Å². The van der Waals surface area contributed by atoms with Crippen LogP contribution < -0.4 is 10.1 Å². The van der Waals surface area contributed by atoms with Gasteiger partial charge in [0, 0.05) is 6.54 Å². The maximum Gasteiger partial charge on any atom is 0.137 e. The Morgan fingerprint density at radius 2 is 2.06 bits per heavy atom. The van der Waals surface area contributed by atoms with E-state index in [1.165, 1.54) is 0 Å². The topological polar surface area (TPSA) is 34.1 Å². The first-order valence-electron chi connectivity index (χ1n) is 5.37. The Bertz CT molecular complexity index is 529. The first kappa shape index (κ1) is 13.0. The molecular formula is C13H12Cl2N2O. The van der Waals surface area contributed by atoms with Crippen molar-refractivity contribution >= 4 is 28.9 Å². The lowest BCUT2D eigenvalue weighted by Gasteiger charge is -2.08. The average Bonchev–Trinajstić information content (AvgIpc) is 2.38. The Kier molecular flexibility index (Phi) is 4.28. The molecule has 2 aromatic rings. The molecule has 5 heteroatoms. The quantitative estimate of drug-likeness (QED) is 0.861. The van der Waals surface area contributed by atoms with Crippen molar-refractivity contribution in [3.63, 3.8) is 0 Å². The highest BCUT2D eigenvalue weighted by molar-refractivity contribution is 6.32. The molecule has 0 aliphatic carbocycles. The molecule has 0 amide bonds. The lowest BCUT2D eigenvalue weighted by atomic mass is 10.2. The molecule has 0 saturated heterocycles. The van der Waals surface area contributed by atoms with Crippen LogP contribution in [-0.2, 0) is 6.54 Å². The number of hydrogen-bond acceptors (Lipinski definition) is 3. The predicted octanol–water partition coefficient (Wildman–Crippen LogP) is 4.01. The first-order chi connectivity index (χ1) is 8.69. The van der Waals surface area contributed by atoms with Crippen LogP contribution in [0.15, 0.2) is 36.5 Å². The number of pyridine rings is 1. The molecule has 0 atom stereocenters. The van der Waals surface area contributed by atoms with E-state index in [9.17, 15) is 0 Å². The molecule has 3 nitrogen and oxygen atoms in total. The summed E-state index contributed by atoms with van der Waals surface area (Å²) in [5.41, 5.74) is 1.97. The Labute approximate surface area is 116 Å². The molecule has 1 aromatic carbocycles. The van der Waals surface area contributed by atoms with Gasteiger partial charge in [-0.3, -0.25) is 0 Å². The van der Waals surface area contributed by atoms with Gasteiger partial charge in [-0.1, -0.05) is 29.3 Å². The summed E-state index contributed by atoms with van der Waals surface area (Å²) in [4.78, 5) is 3.99. The summed E-state index contributed by atoms with van der Waals surface area (Å²) < 4.78 is 5.10. The van der Waals surface area contributed by atoms with Gasteiger partial charge >= 0.3 is 0 Å². The second-order valence-corrected chi connectivity index (χ2v) is 4.49. The van der Waals surface area contributed by atoms with Crippen molar-refractivity contribution < 1.29 is 4.74 Å². The van der Waals surface area contributed by atoms with E-state index in [1.807, 2.05) is 24.3 Å². The number of aromatic nitrogens is 1. The van der Waals surface area contributed by atoms with Gasteiger partial charge < -0.3 is 10.1 Å². The monoisotopic (exact) mass is 282 g/mol. The van der Waals surface area contributed by atoms with Crippen molar-refractivity contribution in [1.29, 1.82) is 0 Å². The van der Waals surface area contributed by atoms with E-state index >= 15 is 0 Å². The number of rotatable bonds is 4. The highest BCUT2D eigenvalue weighted by Crippen LogP contribution is 2.25. The van der Waals surface area contributed by atoms with Crippen molar-refractivity contribution in [1.82, 2.24) is 4.98 Å². The van der Waals surface area contributed by atoms with Crippen LogP contribution in [0, 0.1) is 0 Å². The normalized spacial score (nSPS) is 10.2. The maximum atomic E-state index is 6.05. The summed E-state index contributed by atoms with van der Waals surface area (Å²) in [7, 11) is 1.60. The fourth-order valence-corrected chi connectivity index (χ4v) is 1.90. The Hall–Kier alpha value is -1.45. The average molecular weight is 283 g/mol. The predicted molar refractivity (Wildman–Crippen MR) is 74.6 cm³/mol. The fraction of sp³-hybridized carbons (Fsp3) is 0.154. The van der Waals surface area contributed by atoms with Crippen molar-refractivity contribution in [2.24, 2.45) is 0 Å². The van der Waals surface area contributed by atoms with Crippen molar-refractivity contribution in [2.45, 2.75) is 6.54 Å². The largest absolute Gasteiger partial charge is 0.495 e. The van der Waals surface area contributed by atoms with Crippen molar-refractivity contribution in [3.05, 3.63) is 52.3 Å². The molecule has 1 N–H and O–H groups in total. The number of methoxy groups -OCH3 is 1. The molecule has 0 bridgehead atoms. The molecular weight excluding hydrogens is 271 g/mol. The second kappa shape index (κ2) is 5.94. The summed E-state index contributed by atoms with van der Waals surface area (Å²) >= 11 is 11.8. The van der Waals surface area contributed by atoms with E-state index in [1.54, 1.807) is 19.4 Å². The van der Waals surface area contributed by atoms with Crippen molar-refractivity contribution in [3.8, 4) is 5.75 Å². The third-order valence-corrected chi connectivity index (χ3v) is 2.96. The summed E-state index contributed by atoms with van der Waals surface area (Å²) in [6.07, 6.45) is 1.69. The van der Waals surface area contributed by atoms with Gasteiger partial charge in [0.05, 0.1) is 24.0 Å². The minimum absolute atomic E-state index is 0.480. The number of ether oxygens (including phenoxy) is 1. The number of anilines is 1. The van der Waals surface area contributed by atoms with Crippen LogP contribution in [0.25, 0.3) is 0 Å². The molecule has 2 rings (SSSR count). The van der Waals surface area contributed by atoms with E-state index in [2.05, 4.69) is 10.3 Å². The van der Waals surface area contributed by atoms with Gasteiger partial charge in [-0.15, -0.1) is 0 Å². The molecule has 94 valence electrons. The summed E-state index contributed by atoms with van der Waals surface area (Å²) in [6.45, 7) is 0.660. The zero-order valence-corrected chi connectivity index (χ0v) is 11.3. The molecule has 18 heavy (non-hydrogen) atoms. The summed E-state index contributed by atoms with van der Waals surface area (Å²) in [6, 6.07) is 9.29. The van der Waals surface area contributed by atoms with Crippen LogP contribution in [0.4, 0.5) is 5.69 Å². The zero-order chi connectivity index (χ0) is 13.0. The van der Waals surface area contributed by atoms with E-state index in [4.69, 9.17) is 27.9 Å². The van der Waals surface area contributed by atoms with Gasteiger partial charge in [0.2, 0.25) is 0 Å². The summed E-state index contributed by atoms with van der Waals surface area (Å²) in [5.74, 6) is 0.675. The minimum atomic E-state index is 0.480. The molecule has 0 radical (unpaired) electrons. The van der Waals surface area contributed by atoms with Crippen LogP contribution in [-0.4, -0.2) is 12.1 Å². The highest BCUT2D eigenvalue weighted by atomic mass is 35.5. The Morgan fingerprint density at radius 3 is 2.67 bits per heavy atom. The Morgan fingerprint density at radius 1 is 1.22 bits per heavy atom. The molecule has 1 aromatic heterocycles. The van der Waals surface area contributed by atoms with E-state index in [-0.39, 0.29) is 0 Å². The molecule has 0 spiro atoms. The number of hydrogen-bond donors (Lipinski definition) is 1. The van der Waals surface area contributed by atoms with Gasteiger partial charge in [-0.2, -0.15) is 0 Å². The smallest absolute Gasteiger partial charge is 0.137 e. The van der Waals surface area contributed by atoms with Gasteiger partial charge in [-0.25, -0.2) is 4.98 Å². The van der Waals surface area contributed by atoms with Crippen LogP contribution in [0.1, 0.15) is 5.56 Å². The van der Waals surface area contributed by atoms with Crippen LogP contribution in [0.2, 0.25) is 10.2 Å². The standard InChI is InChI=1S/C13H12Cl2N2O/c1-18-12-4-2-9(6-11(12)14)7-16-10-3-5-13(15)17-8-10/h2-6,8,16H,7H2,1H3. The molecule has 0 aliphatic heterocycles. The molecule has 0 unspecified atom stereocenters. The third kappa shape index (κ3) is 3.28. The van der Waals surface area contributed by atoms with Crippen molar-refractivity contribution in [2.75, 3.05) is 12.4 Å². The number of benzene rings is 1. The molecule has 1 heterocycles. The number of nitrogens with one attached hydrogen (secondary N) is 1. The zero-order valence-electron chi connectivity index (χ0n) is 9.78. The van der Waals surface area contributed by atoms with Crippen LogP contribution >= 0.6 is 23.2 Å². The lowest BCUT2D eigenvalue weighted by molar-refractivity contribution is 0.415. The first-order valence-corrected chi connectivity index (χ1v) is 6.12. The van der Waals surface area contributed by atoms with E-state index < -0.39 is 0 Å². The van der Waals surface area contributed by atoms with Gasteiger partial charge in [0.15, 0.2) is 0 Å². The SMILES string of the molecule is COc1ccc(CNc2ccc(Cl)nc2)cc1Cl. The van der Waals surface area contributed by atoms with Gasteiger partial charge in [-0.05, 0) is 29.8 Å². The van der Waals surface area contributed by atoms with Crippen LogP contribution in [0.3, 0.4) is 0 Å². The highest BCUT2D eigenvalue weighted by Gasteiger charge is 2.01. The van der Waals surface area contributed by atoms with Crippen LogP contribution in [0.5, 0.6) is 5.75 Å². The third-order valence-electron chi connectivity index (χ3n) is 2.44. The van der Waals surface area contributed by atoms with Gasteiger partial charge in [0.25, 0.3) is 0 Å². The van der Waals surface area contributed by atoms with Gasteiger partial charge in [0.1, 0.15) is 10.9 Å². The molecule has 0 fully saturated rings. The second-order valence-electron chi connectivity index (χ2n) is 3.69. The Balaban J connectivity index is 2.02. The fourth-order valence-electron chi connectivity index (χ4n) is 1.50. The van der Waals surface area contributed by atoms with E-state index in [0.29, 0.717) is 22.5 Å². The number of nitrogens with zero attached hydrogens (tertiary/aromatic N) is 1.